The fourth-order valence-corrected chi connectivity index (χ4v) is 1.44. The molecule has 0 saturated carbocycles. The Morgan fingerprint density at radius 3 is 2.81 bits per heavy atom. The third-order valence-electron chi connectivity index (χ3n) is 2.24. The highest BCUT2D eigenvalue weighted by Crippen LogP contribution is 2.11. The van der Waals surface area contributed by atoms with Crippen molar-refractivity contribution in [1.82, 2.24) is 10.3 Å². The van der Waals surface area contributed by atoms with Crippen molar-refractivity contribution in [2.24, 2.45) is 0 Å². The highest BCUT2D eigenvalue weighted by atomic mass is 16.5. The SMILES string of the molecule is O=C1CCC(Oc2ccc[nH]c2=O)C(=O)N1. The van der Waals surface area contributed by atoms with E-state index in [9.17, 15) is 14.4 Å². The van der Waals surface area contributed by atoms with Gasteiger partial charge in [0.1, 0.15) is 0 Å². The van der Waals surface area contributed by atoms with Gasteiger partial charge in [0, 0.05) is 19.0 Å². The molecule has 1 atom stereocenters. The van der Waals surface area contributed by atoms with Crippen molar-refractivity contribution in [3.63, 3.8) is 0 Å². The molecule has 2 rings (SSSR count). The zero-order valence-electron chi connectivity index (χ0n) is 8.36. The van der Waals surface area contributed by atoms with Crippen LogP contribution in [0.4, 0.5) is 0 Å². The maximum atomic E-state index is 11.4. The summed E-state index contributed by atoms with van der Waals surface area (Å²) >= 11 is 0. The zero-order valence-corrected chi connectivity index (χ0v) is 8.36. The molecule has 16 heavy (non-hydrogen) atoms. The molecule has 1 aromatic heterocycles. The molecule has 1 unspecified atom stereocenters. The number of ether oxygens (including phenoxy) is 1. The Balaban J connectivity index is 2.11. The molecule has 0 bridgehead atoms. The van der Waals surface area contributed by atoms with E-state index in [1.54, 1.807) is 6.07 Å². The Morgan fingerprint density at radius 1 is 1.31 bits per heavy atom. The molecule has 1 fully saturated rings. The predicted octanol–water partition coefficient (Wildman–Crippen LogP) is -0.441. The van der Waals surface area contributed by atoms with Gasteiger partial charge in [0.05, 0.1) is 0 Å². The summed E-state index contributed by atoms with van der Waals surface area (Å²) in [4.78, 5) is 36.0. The van der Waals surface area contributed by atoms with Gasteiger partial charge < -0.3 is 9.72 Å². The minimum absolute atomic E-state index is 0.0806. The van der Waals surface area contributed by atoms with Gasteiger partial charge in [-0.05, 0) is 12.1 Å². The molecule has 1 aliphatic heterocycles. The summed E-state index contributed by atoms with van der Waals surface area (Å²) in [5.41, 5.74) is -0.396. The van der Waals surface area contributed by atoms with Crippen molar-refractivity contribution in [1.29, 1.82) is 0 Å². The smallest absolute Gasteiger partial charge is 0.290 e. The van der Waals surface area contributed by atoms with Gasteiger partial charge in [-0.2, -0.15) is 0 Å². The summed E-state index contributed by atoms with van der Waals surface area (Å²) in [6, 6.07) is 3.07. The Kier molecular flexibility index (Phi) is 2.72. The number of amides is 2. The van der Waals surface area contributed by atoms with Crippen LogP contribution < -0.4 is 15.6 Å². The maximum absolute atomic E-state index is 11.4. The van der Waals surface area contributed by atoms with Gasteiger partial charge in [-0.1, -0.05) is 0 Å². The van der Waals surface area contributed by atoms with E-state index in [-0.39, 0.29) is 18.1 Å². The second kappa shape index (κ2) is 4.18. The Bertz CT molecular complexity index is 480. The average Bonchev–Trinajstić information content (AvgIpc) is 2.25. The molecule has 6 nitrogen and oxygen atoms in total. The fraction of sp³-hybridized carbons (Fsp3) is 0.300. The first-order valence-corrected chi connectivity index (χ1v) is 4.85. The third kappa shape index (κ3) is 2.10. The summed E-state index contributed by atoms with van der Waals surface area (Å²) in [5.74, 6) is -0.733. The Morgan fingerprint density at radius 2 is 2.12 bits per heavy atom. The molecule has 2 N–H and O–H groups in total. The largest absolute Gasteiger partial charge is 0.475 e. The maximum Gasteiger partial charge on any atom is 0.290 e. The monoisotopic (exact) mass is 222 g/mol. The van der Waals surface area contributed by atoms with Crippen LogP contribution in [-0.2, 0) is 9.59 Å². The highest BCUT2D eigenvalue weighted by molar-refractivity contribution is 5.99. The number of aromatic amines is 1. The molecular weight excluding hydrogens is 212 g/mol. The predicted molar refractivity (Wildman–Crippen MR) is 53.9 cm³/mol. The summed E-state index contributed by atoms with van der Waals surface area (Å²) < 4.78 is 5.24. The molecule has 0 aliphatic carbocycles. The normalized spacial score (nSPS) is 20.4. The number of aromatic nitrogens is 1. The summed E-state index contributed by atoms with van der Waals surface area (Å²) in [6.45, 7) is 0. The molecule has 84 valence electrons. The van der Waals surface area contributed by atoms with Crippen molar-refractivity contribution in [3.05, 3.63) is 28.7 Å². The first-order valence-electron chi connectivity index (χ1n) is 4.85. The molecule has 0 spiro atoms. The number of piperidine rings is 1. The van der Waals surface area contributed by atoms with Gasteiger partial charge in [-0.25, -0.2) is 0 Å². The van der Waals surface area contributed by atoms with Crippen LogP contribution in [0.25, 0.3) is 0 Å². The lowest BCUT2D eigenvalue weighted by Crippen LogP contribution is -2.46. The van der Waals surface area contributed by atoms with E-state index in [4.69, 9.17) is 4.74 Å². The molecule has 1 aliphatic rings. The number of carbonyl (C=O) groups excluding carboxylic acids is 2. The summed E-state index contributed by atoms with van der Waals surface area (Å²) in [7, 11) is 0. The summed E-state index contributed by atoms with van der Waals surface area (Å²) in [5, 5.41) is 2.15. The van der Waals surface area contributed by atoms with Crippen LogP contribution in [0.2, 0.25) is 0 Å². The second-order valence-corrected chi connectivity index (χ2v) is 3.42. The molecular formula is C10H10N2O4. The quantitative estimate of drug-likeness (QED) is 0.664. The number of hydrogen-bond acceptors (Lipinski definition) is 4. The third-order valence-corrected chi connectivity index (χ3v) is 2.24. The van der Waals surface area contributed by atoms with E-state index in [0.29, 0.717) is 6.42 Å². The first-order chi connectivity index (χ1) is 7.66. The molecule has 6 heteroatoms. The molecule has 1 saturated heterocycles. The number of hydrogen-bond donors (Lipinski definition) is 2. The average molecular weight is 222 g/mol. The van der Waals surface area contributed by atoms with E-state index in [0.717, 1.165) is 0 Å². The molecule has 2 heterocycles. The fourth-order valence-electron chi connectivity index (χ4n) is 1.44. The van der Waals surface area contributed by atoms with Crippen LogP contribution in [0, 0.1) is 0 Å². The number of imide groups is 1. The van der Waals surface area contributed by atoms with Gasteiger partial charge in [0.25, 0.3) is 11.5 Å². The van der Waals surface area contributed by atoms with E-state index in [1.807, 2.05) is 0 Å². The molecule has 0 aromatic carbocycles. The van der Waals surface area contributed by atoms with Gasteiger partial charge in [-0.3, -0.25) is 19.7 Å². The first kappa shape index (κ1) is 10.4. The molecule has 1 aromatic rings. The summed E-state index contributed by atoms with van der Waals surface area (Å²) in [6.07, 6.45) is 1.21. The van der Waals surface area contributed by atoms with Crippen LogP contribution in [0.5, 0.6) is 5.75 Å². The lowest BCUT2D eigenvalue weighted by molar-refractivity contribution is -0.138. The minimum atomic E-state index is -0.777. The zero-order chi connectivity index (χ0) is 11.5. The van der Waals surface area contributed by atoms with E-state index >= 15 is 0 Å². The number of rotatable bonds is 2. The highest BCUT2D eigenvalue weighted by Gasteiger charge is 2.28. The van der Waals surface area contributed by atoms with Gasteiger partial charge in [-0.15, -0.1) is 0 Å². The Labute approximate surface area is 90.6 Å². The van der Waals surface area contributed by atoms with Crippen LogP contribution in [0.1, 0.15) is 12.8 Å². The van der Waals surface area contributed by atoms with E-state index in [1.165, 1.54) is 12.3 Å². The number of carbonyl (C=O) groups is 2. The van der Waals surface area contributed by atoms with Crippen molar-refractivity contribution < 1.29 is 14.3 Å². The van der Waals surface area contributed by atoms with Gasteiger partial charge >= 0.3 is 0 Å². The van der Waals surface area contributed by atoms with Gasteiger partial charge in [0.15, 0.2) is 11.9 Å². The lowest BCUT2D eigenvalue weighted by atomic mass is 10.1. The van der Waals surface area contributed by atoms with Crippen LogP contribution in [0.3, 0.4) is 0 Å². The number of H-pyrrole nitrogens is 1. The topological polar surface area (TPSA) is 88.3 Å². The number of pyridine rings is 1. The molecule has 0 radical (unpaired) electrons. The van der Waals surface area contributed by atoms with Crippen molar-refractivity contribution in [2.45, 2.75) is 18.9 Å². The number of nitrogens with one attached hydrogen (secondary N) is 2. The standard InChI is InChI=1S/C10H10N2O4/c13-8-4-3-7(10(15)12-8)16-6-2-1-5-11-9(6)14/h1-2,5,7H,3-4H2,(H,11,14)(H,12,13,15). The lowest BCUT2D eigenvalue weighted by Gasteiger charge is -2.21. The van der Waals surface area contributed by atoms with E-state index < -0.39 is 17.6 Å². The van der Waals surface area contributed by atoms with Gasteiger partial charge in [0.2, 0.25) is 5.91 Å². The van der Waals surface area contributed by atoms with Crippen LogP contribution in [0.15, 0.2) is 23.1 Å². The molecule has 2 amide bonds. The van der Waals surface area contributed by atoms with E-state index in [2.05, 4.69) is 10.3 Å². The second-order valence-electron chi connectivity index (χ2n) is 3.42. The van der Waals surface area contributed by atoms with Crippen molar-refractivity contribution >= 4 is 11.8 Å². The van der Waals surface area contributed by atoms with Crippen LogP contribution in [-0.4, -0.2) is 22.9 Å². The van der Waals surface area contributed by atoms with Crippen LogP contribution >= 0.6 is 0 Å². The van der Waals surface area contributed by atoms with Crippen molar-refractivity contribution in [2.75, 3.05) is 0 Å². The van der Waals surface area contributed by atoms with Crippen molar-refractivity contribution in [3.8, 4) is 5.75 Å². The Hall–Kier alpha value is -2.11. The minimum Gasteiger partial charge on any atom is -0.475 e.